The van der Waals surface area contributed by atoms with Gasteiger partial charge in [0, 0.05) is 17.0 Å². The molecule has 0 fully saturated rings. The largest absolute Gasteiger partial charge is 0.497 e. The molecule has 9 heteroatoms. The third-order valence-corrected chi connectivity index (χ3v) is 5.95. The molecule has 1 aliphatic rings. The SMILES string of the molecule is CCOC(=O)C1=C(C)NC(SCc2cccc(C(=O)O)c2)=N[C@H]1c1cc(OC)ccc1OC. The molecular weight excluding hydrogens is 444 g/mol. The summed E-state index contributed by atoms with van der Waals surface area (Å²) in [4.78, 5) is 28.9. The van der Waals surface area contributed by atoms with Crippen LogP contribution in [-0.4, -0.2) is 43.0 Å². The predicted octanol–water partition coefficient (Wildman–Crippen LogP) is 4.17. The van der Waals surface area contributed by atoms with Crippen molar-refractivity contribution in [1.82, 2.24) is 5.32 Å². The number of thioether (sulfide) groups is 1. The first kappa shape index (κ1) is 24.2. The summed E-state index contributed by atoms with van der Waals surface area (Å²) >= 11 is 1.41. The highest BCUT2D eigenvalue weighted by molar-refractivity contribution is 8.13. The van der Waals surface area contributed by atoms with Crippen molar-refractivity contribution >= 4 is 28.9 Å². The van der Waals surface area contributed by atoms with E-state index >= 15 is 0 Å². The van der Waals surface area contributed by atoms with Crippen LogP contribution in [0.1, 0.15) is 41.4 Å². The van der Waals surface area contributed by atoms with Crippen LogP contribution in [-0.2, 0) is 15.3 Å². The van der Waals surface area contributed by atoms with Gasteiger partial charge in [0.15, 0.2) is 5.17 Å². The number of carboxylic acid groups (broad SMARTS) is 1. The number of allylic oxidation sites excluding steroid dienone is 1. The van der Waals surface area contributed by atoms with Crippen LogP contribution in [0, 0.1) is 0 Å². The number of benzene rings is 2. The van der Waals surface area contributed by atoms with Crippen LogP contribution in [0.5, 0.6) is 11.5 Å². The Morgan fingerprint density at radius 1 is 1.15 bits per heavy atom. The fourth-order valence-electron chi connectivity index (χ4n) is 3.42. The summed E-state index contributed by atoms with van der Waals surface area (Å²) < 4.78 is 16.2. The van der Waals surface area contributed by atoms with Crippen LogP contribution in [0.4, 0.5) is 0 Å². The van der Waals surface area contributed by atoms with Crippen molar-refractivity contribution in [2.24, 2.45) is 4.99 Å². The standard InChI is InChI=1S/C24H26N2O6S/c1-5-32-23(29)20-14(2)25-24(33-13-15-7-6-8-16(11-15)22(27)28)26-21(20)18-12-17(30-3)9-10-19(18)31-4/h6-12,21H,5,13H2,1-4H3,(H,25,26)(H,27,28)/t21-/m0/s1. The van der Waals surface area contributed by atoms with E-state index in [2.05, 4.69) is 5.32 Å². The second-order valence-electron chi connectivity index (χ2n) is 7.12. The number of rotatable bonds is 8. The molecule has 0 aliphatic carbocycles. The monoisotopic (exact) mass is 470 g/mol. The molecule has 174 valence electrons. The number of nitrogens with zero attached hydrogens (tertiary/aromatic N) is 1. The topological polar surface area (TPSA) is 106 Å². The zero-order valence-electron chi connectivity index (χ0n) is 18.9. The van der Waals surface area contributed by atoms with E-state index in [0.717, 1.165) is 5.56 Å². The highest BCUT2D eigenvalue weighted by atomic mass is 32.2. The van der Waals surface area contributed by atoms with Crippen LogP contribution >= 0.6 is 11.8 Å². The van der Waals surface area contributed by atoms with Crippen LogP contribution < -0.4 is 14.8 Å². The molecule has 33 heavy (non-hydrogen) atoms. The molecule has 0 unspecified atom stereocenters. The first-order valence-electron chi connectivity index (χ1n) is 10.3. The first-order valence-corrected chi connectivity index (χ1v) is 11.3. The highest BCUT2D eigenvalue weighted by Gasteiger charge is 2.32. The molecule has 0 saturated heterocycles. The van der Waals surface area contributed by atoms with Crippen molar-refractivity contribution in [3.05, 3.63) is 70.4 Å². The number of carboxylic acids is 1. The van der Waals surface area contributed by atoms with E-state index in [0.29, 0.717) is 39.3 Å². The number of nitrogens with one attached hydrogen (secondary N) is 1. The number of hydrogen-bond acceptors (Lipinski definition) is 8. The van der Waals surface area contributed by atoms with Gasteiger partial charge in [-0.05, 0) is 49.7 Å². The fraction of sp³-hybridized carbons (Fsp3) is 0.292. The molecule has 0 radical (unpaired) electrons. The number of ether oxygens (including phenoxy) is 3. The maximum atomic E-state index is 12.8. The van der Waals surface area contributed by atoms with Gasteiger partial charge in [-0.3, -0.25) is 0 Å². The summed E-state index contributed by atoms with van der Waals surface area (Å²) in [5.41, 5.74) is 2.76. The Hall–Kier alpha value is -3.46. The lowest BCUT2D eigenvalue weighted by molar-refractivity contribution is -0.138. The number of methoxy groups -OCH3 is 2. The van der Waals surface area contributed by atoms with Gasteiger partial charge in [-0.25, -0.2) is 14.6 Å². The number of carbonyl (C=O) groups is 2. The molecule has 2 aromatic carbocycles. The summed E-state index contributed by atoms with van der Waals surface area (Å²) in [6.45, 7) is 3.79. The average Bonchev–Trinajstić information content (AvgIpc) is 2.82. The van der Waals surface area contributed by atoms with Crippen molar-refractivity contribution in [3.63, 3.8) is 0 Å². The number of hydrogen-bond donors (Lipinski definition) is 2. The zero-order valence-corrected chi connectivity index (χ0v) is 19.7. The minimum atomic E-state index is -0.974. The quantitative estimate of drug-likeness (QED) is 0.554. The first-order chi connectivity index (χ1) is 15.9. The summed E-state index contributed by atoms with van der Waals surface area (Å²) in [6, 6.07) is 11.4. The molecule has 1 atom stereocenters. The number of carbonyl (C=O) groups excluding carboxylic acids is 1. The van der Waals surface area contributed by atoms with Gasteiger partial charge >= 0.3 is 11.9 Å². The van der Waals surface area contributed by atoms with E-state index < -0.39 is 18.0 Å². The molecule has 0 spiro atoms. The molecule has 1 heterocycles. The van der Waals surface area contributed by atoms with Crippen LogP contribution in [0.3, 0.4) is 0 Å². The van der Waals surface area contributed by atoms with Gasteiger partial charge in [-0.15, -0.1) is 0 Å². The van der Waals surface area contributed by atoms with E-state index in [4.69, 9.17) is 19.2 Å². The molecular formula is C24H26N2O6S. The third kappa shape index (κ3) is 5.67. The fourth-order valence-corrected chi connectivity index (χ4v) is 4.31. The predicted molar refractivity (Wildman–Crippen MR) is 127 cm³/mol. The second-order valence-corrected chi connectivity index (χ2v) is 8.09. The molecule has 0 amide bonds. The summed E-state index contributed by atoms with van der Waals surface area (Å²) in [7, 11) is 3.12. The van der Waals surface area contributed by atoms with Gasteiger partial charge < -0.3 is 24.6 Å². The van der Waals surface area contributed by atoms with Crippen molar-refractivity contribution in [2.45, 2.75) is 25.6 Å². The van der Waals surface area contributed by atoms with Crippen molar-refractivity contribution in [2.75, 3.05) is 20.8 Å². The smallest absolute Gasteiger partial charge is 0.338 e. The molecule has 0 bridgehead atoms. The van der Waals surface area contributed by atoms with Crippen molar-refractivity contribution < 1.29 is 28.9 Å². The molecule has 2 N–H and O–H groups in total. The summed E-state index contributed by atoms with van der Waals surface area (Å²) in [6.07, 6.45) is 0. The highest BCUT2D eigenvalue weighted by Crippen LogP contribution is 2.39. The van der Waals surface area contributed by atoms with Crippen molar-refractivity contribution in [3.8, 4) is 11.5 Å². The van der Waals surface area contributed by atoms with E-state index in [1.54, 1.807) is 64.5 Å². The Morgan fingerprint density at radius 3 is 2.61 bits per heavy atom. The molecule has 3 rings (SSSR count). The molecule has 0 aromatic heterocycles. The van der Waals surface area contributed by atoms with E-state index in [1.165, 1.54) is 11.8 Å². The second kappa shape index (κ2) is 10.9. The lowest BCUT2D eigenvalue weighted by Crippen LogP contribution is -2.30. The van der Waals surface area contributed by atoms with Crippen LogP contribution in [0.25, 0.3) is 0 Å². The number of aromatic carboxylic acids is 1. The van der Waals surface area contributed by atoms with Crippen molar-refractivity contribution in [1.29, 1.82) is 0 Å². The van der Waals surface area contributed by atoms with Gasteiger partial charge in [-0.2, -0.15) is 0 Å². The number of amidine groups is 1. The normalized spacial score (nSPS) is 15.4. The summed E-state index contributed by atoms with van der Waals surface area (Å²) in [5, 5.41) is 13.0. The Kier molecular flexibility index (Phi) is 8.00. The molecule has 0 saturated carbocycles. The van der Waals surface area contributed by atoms with Crippen LogP contribution in [0.15, 0.2) is 58.7 Å². The lowest BCUT2D eigenvalue weighted by atomic mass is 9.95. The Labute approximate surface area is 196 Å². The molecule has 2 aromatic rings. The van der Waals surface area contributed by atoms with E-state index in [-0.39, 0.29) is 12.2 Å². The molecule has 1 aliphatic heterocycles. The maximum Gasteiger partial charge on any atom is 0.338 e. The lowest BCUT2D eigenvalue weighted by Gasteiger charge is -2.27. The van der Waals surface area contributed by atoms with Gasteiger partial charge in [0.25, 0.3) is 0 Å². The third-order valence-electron chi connectivity index (χ3n) is 4.99. The van der Waals surface area contributed by atoms with E-state index in [9.17, 15) is 14.7 Å². The maximum absolute atomic E-state index is 12.8. The van der Waals surface area contributed by atoms with Gasteiger partial charge in [0.05, 0.1) is 32.0 Å². The van der Waals surface area contributed by atoms with Gasteiger partial charge in [0.2, 0.25) is 0 Å². The average molecular weight is 471 g/mol. The van der Waals surface area contributed by atoms with Gasteiger partial charge in [0.1, 0.15) is 17.5 Å². The number of esters is 1. The minimum absolute atomic E-state index is 0.228. The van der Waals surface area contributed by atoms with Crippen LogP contribution in [0.2, 0.25) is 0 Å². The zero-order chi connectivity index (χ0) is 24.0. The Bertz CT molecular complexity index is 1110. The van der Waals surface area contributed by atoms with Gasteiger partial charge in [-0.1, -0.05) is 23.9 Å². The minimum Gasteiger partial charge on any atom is -0.497 e. The van der Waals surface area contributed by atoms with E-state index in [1.807, 2.05) is 6.07 Å². The Morgan fingerprint density at radius 2 is 1.94 bits per heavy atom. The molecule has 8 nitrogen and oxygen atoms in total. The summed E-state index contributed by atoms with van der Waals surface area (Å²) in [5.74, 6) is 0.244. The Balaban J connectivity index is 1.97. The number of aliphatic imine (C=N–C) groups is 1.